The van der Waals surface area contributed by atoms with Gasteiger partial charge in [0.25, 0.3) is 0 Å². The van der Waals surface area contributed by atoms with Gasteiger partial charge in [-0.15, -0.1) is 11.3 Å². The summed E-state index contributed by atoms with van der Waals surface area (Å²) in [4.78, 5) is 10.2. The first kappa shape index (κ1) is 12.8. The molecule has 1 aromatic rings. The van der Waals surface area contributed by atoms with Gasteiger partial charge in [-0.3, -0.25) is 4.79 Å². The Morgan fingerprint density at radius 3 is 2.80 bits per heavy atom. The molecule has 0 bridgehead atoms. The molecule has 6 heteroatoms. The van der Waals surface area contributed by atoms with Crippen molar-refractivity contribution in [3.8, 4) is 0 Å². The third-order valence-corrected chi connectivity index (χ3v) is 3.36. The molecule has 0 unspecified atom stereocenters. The van der Waals surface area contributed by atoms with E-state index in [1.165, 1.54) is 11.3 Å². The maximum Gasteiger partial charge on any atom is 0.303 e. The van der Waals surface area contributed by atoms with Crippen LogP contribution in [0.15, 0.2) is 6.07 Å². The molecule has 15 heavy (non-hydrogen) atoms. The number of carboxylic acids is 1. The molecule has 0 saturated carbocycles. The summed E-state index contributed by atoms with van der Waals surface area (Å²) in [5, 5.41) is 11.5. The van der Waals surface area contributed by atoms with Crippen LogP contribution >= 0.6 is 34.5 Å². The number of aliphatic carboxylic acids is 1. The van der Waals surface area contributed by atoms with Crippen LogP contribution in [0, 0.1) is 0 Å². The summed E-state index contributed by atoms with van der Waals surface area (Å²) in [5.41, 5.74) is 0.960. The minimum Gasteiger partial charge on any atom is -0.481 e. The maximum atomic E-state index is 10.2. The van der Waals surface area contributed by atoms with Crippen LogP contribution in [-0.4, -0.2) is 17.6 Å². The van der Waals surface area contributed by atoms with Crippen molar-refractivity contribution in [2.24, 2.45) is 0 Å². The third-order valence-electron chi connectivity index (χ3n) is 1.79. The van der Waals surface area contributed by atoms with Gasteiger partial charge in [-0.2, -0.15) is 0 Å². The first-order valence-corrected chi connectivity index (χ1v) is 6.03. The normalized spacial score (nSPS) is 10.5. The van der Waals surface area contributed by atoms with Gasteiger partial charge in [-0.25, -0.2) is 0 Å². The Bertz CT molecular complexity index is 341. The highest BCUT2D eigenvalue weighted by atomic mass is 35.5. The molecule has 0 aliphatic carbocycles. The third kappa shape index (κ3) is 4.84. The van der Waals surface area contributed by atoms with E-state index < -0.39 is 5.97 Å². The van der Waals surface area contributed by atoms with Crippen molar-refractivity contribution < 1.29 is 9.90 Å². The number of hydrogen-bond acceptors (Lipinski definition) is 3. The largest absolute Gasteiger partial charge is 0.481 e. The highest BCUT2D eigenvalue weighted by Gasteiger charge is 2.04. The van der Waals surface area contributed by atoms with E-state index in [9.17, 15) is 4.79 Å². The zero-order chi connectivity index (χ0) is 11.3. The van der Waals surface area contributed by atoms with E-state index in [1.807, 2.05) is 6.07 Å². The molecule has 84 valence electrons. The van der Waals surface area contributed by atoms with Gasteiger partial charge in [0, 0.05) is 13.0 Å². The minimum atomic E-state index is -0.770. The van der Waals surface area contributed by atoms with Gasteiger partial charge < -0.3 is 10.4 Å². The molecule has 0 atom stereocenters. The second-order valence-corrected chi connectivity index (χ2v) is 5.31. The minimum absolute atomic E-state index is 0.186. The predicted octanol–water partition coefficient (Wildman–Crippen LogP) is 3.01. The molecule has 0 fully saturated rings. The molecule has 2 N–H and O–H groups in total. The first-order valence-electron chi connectivity index (χ1n) is 4.46. The molecule has 0 aromatic carbocycles. The number of thiophene rings is 1. The van der Waals surface area contributed by atoms with Crippen LogP contribution in [0.5, 0.6) is 0 Å². The summed E-state index contributed by atoms with van der Waals surface area (Å²) in [7, 11) is 0. The Balaban J connectivity index is 2.20. The molecule has 0 aliphatic rings. The van der Waals surface area contributed by atoms with Crippen molar-refractivity contribution in [3.05, 3.63) is 20.3 Å². The lowest BCUT2D eigenvalue weighted by atomic mass is 10.3. The Morgan fingerprint density at radius 1 is 1.53 bits per heavy atom. The number of carboxylic acid groups (broad SMARTS) is 1. The molecule has 0 saturated heterocycles. The first-order chi connectivity index (χ1) is 7.09. The van der Waals surface area contributed by atoms with Crippen LogP contribution in [0.3, 0.4) is 0 Å². The van der Waals surface area contributed by atoms with E-state index in [-0.39, 0.29) is 6.42 Å². The van der Waals surface area contributed by atoms with E-state index in [4.69, 9.17) is 28.3 Å². The quantitative estimate of drug-likeness (QED) is 0.780. The molecule has 0 aliphatic heterocycles. The van der Waals surface area contributed by atoms with Crippen molar-refractivity contribution in [1.82, 2.24) is 5.32 Å². The lowest BCUT2D eigenvalue weighted by Crippen LogP contribution is -2.15. The van der Waals surface area contributed by atoms with Gasteiger partial charge in [0.1, 0.15) is 0 Å². The molecular weight excluding hydrogens is 257 g/mol. The molecule has 0 amide bonds. The fraction of sp³-hybridized carbons (Fsp3) is 0.444. The Labute approximate surface area is 102 Å². The SMILES string of the molecule is O=C(O)CCCNCc1cc(Cl)sc1Cl. The standard InChI is InChI=1S/C9H11Cl2NO2S/c10-7-4-6(9(11)15-7)5-12-3-1-2-8(13)14/h4,12H,1-3,5H2,(H,13,14). The van der Waals surface area contributed by atoms with Gasteiger partial charge in [0.2, 0.25) is 0 Å². The second kappa shape index (κ2) is 6.33. The summed E-state index contributed by atoms with van der Waals surface area (Å²) in [6, 6.07) is 1.82. The summed E-state index contributed by atoms with van der Waals surface area (Å²) in [5.74, 6) is -0.770. The van der Waals surface area contributed by atoms with Gasteiger partial charge >= 0.3 is 5.97 Å². The zero-order valence-corrected chi connectivity index (χ0v) is 10.3. The highest BCUT2D eigenvalue weighted by Crippen LogP contribution is 2.30. The molecule has 1 aromatic heterocycles. The van der Waals surface area contributed by atoms with E-state index >= 15 is 0 Å². The lowest BCUT2D eigenvalue weighted by Gasteiger charge is -2.01. The highest BCUT2D eigenvalue weighted by molar-refractivity contribution is 7.20. The van der Waals surface area contributed by atoms with Crippen LogP contribution in [0.25, 0.3) is 0 Å². The monoisotopic (exact) mass is 267 g/mol. The molecular formula is C9H11Cl2NO2S. The molecule has 3 nitrogen and oxygen atoms in total. The summed E-state index contributed by atoms with van der Waals surface area (Å²) in [6.45, 7) is 1.29. The fourth-order valence-electron chi connectivity index (χ4n) is 1.08. The van der Waals surface area contributed by atoms with Crippen LogP contribution in [0.4, 0.5) is 0 Å². The van der Waals surface area contributed by atoms with Gasteiger partial charge in [0.15, 0.2) is 0 Å². The van der Waals surface area contributed by atoms with Crippen molar-refractivity contribution in [1.29, 1.82) is 0 Å². The van der Waals surface area contributed by atoms with E-state index in [0.29, 0.717) is 28.2 Å². The Kier molecular flexibility index (Phi) is 5.39. The van der Waals surface area contributed by atoms with Crippen LogP contribution in [0.1, 0.15) is 18.4 Å². The van der Waals surface area contributed by atoms with E-state index in [1.54, 1.807) is 0 Å². The average molecular weight is 268 g/mol. The summed E-state index contributed by atoms with van der Waals surface area (Å²) >= 11 is 13.0. The van der Waals surface area contributed by atoms with Gasteiger partial charge in [-0.05, 0) is 24.6 Å². The molecule has 0 spiro atoms. The van der Waals surface area contributed by atoms with Crippen molar-refractivity contribution in [3.63, 3.8) is 0 Å². The second-order valence-electron chi connectivity index (χ2n) is 3.02. The van der Waals surface area contributed by atoms with E-state index in [2.05, 4.69) is 5.32 Å². The smallest absolute Gasteiger partial charge is 0.303 e. The Morgan fingerprint density at radius 2 is 2.27 bits per heavy atom. The average Bonchev–Trinajstić information content (AvgIpc) is 2.44. The van der Waals surface area contributed by atoms with Crippen LogP contribution in [-0.2, 0) is 11.3 Å². The number of rotatable bonds is 6. The number of halogens is 2. The van der Waals surface area contributed by atoms with Gasteiger partial charge in [0.05, 0.1) is 8.67 Å². The topological polar surface area (TPSA) is 49.3 Å². The Hall–Kier alpha value is -0.290. The summed E-state index contributed by atoms with van der Waals surface area (Å²) in [6.07, 6.45) is 0.802. The fourth-order valence-corrected chi connectivity index (χ4v) is 2.57. The lowest BCUT2D eigenvalue weighted by molar-refractivity contribution is -0.137. The van der Waals surface area contributed by atoms with Crippen molar-refractivity contribution >= 4 is 40.5 Å². The summed E-state index contributed by atoms with van der Waals surface area (Å²) < 4.78 is 1.35. The maximum absolute atomic E-state index is 10.2. The molecule has 1 heterocycles. The molecule has 1 rings (SSSR count). The van der Waals surface area contributed by atoms with Crippen molar-refractivity contribution in [2.45, 2.75) is 19.4 Å². The number of nitrogens with one attached hydrogen (secondary N) is 1. The van der Waals surface area contributed by atoms with Crippen LogP contribution < -0.4 is 5.32 Å². The predicted molar refractivity (Wildman–Crippen MR) is 62.9 cm³/mol. The van der Waals surface area contributed by atoms with Gasteiger partial charge in [-0.1, -0.05) is 23.2 Å². The van der Waals surface area contributed by atoms with E-state index in [0.717, 1.165) is 5.56 Å². The number of hydrogen-bond donors (Lipinski definition) is 2. The molecule has 0 radical (unpaired) electrons. The number of carbonyl (C=O) groups is 1. The zero-order valence-electron chi connectivity index (χ0n) is 7.93. The van der Waals surface area contributed by atoms with Crippen LogP contribution in [0.2, 0.25) is 8.67 Å². The van der Waals surface area contributed by atoms with Crippen molar-refractivity contribution in [2.75, 3.05) is 6.54 Å².